The molecule has 0 unspecified atom stereocenters. The van der Waals surface area contributed by atoms with Gasteiger partial charge < -0.3 is 102 Å². The first-order chi connectivity index (χ1) is 46.7. The van der Waals surface area contributed by atoms with Gasteiger partial charge in [-0.05, 0) is 145 Å². The number of nitrogens with two attached hydrogens (primary N) is 5. The molecular formula is C66H120N16O18. The molecule has 24 N–H and O–H groups in total. The van der Waals surface area contributed by atoms with E-state index in [-0.39, 0.29) is 119 Å². The molecule has 0 bridgehead atoms. The third-order valence-electron chi connectivity index (χ3n) is 15.6. The molecule has 0 aliphatic rings. The van der Waals surface area contributed by atoms with Crippen molar-refractivity contribution < 1.29 is 87.2 Å². The molecule has 34 nitrogen and oxygen atoms in total. The summed E-state index contributed by atoms with van der Waals surface area (Å²) in [5.74, 6) is -17.6. The lowest BCUT2D eigenvalue weighted by molar-refractivity contribution is -0.142. The van der Waals surface area contributed by atoms with Crippen molar-refractivity contribution in [3.05, 3.63) is 0 Å². The van der Waals surface area contributed by atoms with Crippen molar-refractivity contribution in [1.82, 2.24) is 58.5 Å². The average Bonchev–Trinajstić information content (AvgIpc) is 0.856. The van der Waals surface area contributed by atoms with Crippen LogP contribution in [0.4, 0.5) is 0 Å². The quantitative estimate of drug-likeness (QED) is 0.0299. The standard InChI is InChI=1S/C66H120N16O18/c1-34(2)25-43(55(71)89)74-64(98)49(31-52(83)84)80-62(96)47(29-38(9)10)76-57(91)41(20-14-17-23-68)72-60(94)46(28-37(7)8)79-66(100)51(33-54(87)88)82-63(97)48(30-39(11)12)77-58(92)42(21-15-18-24-69)73-59(93)45(27-36(5)6)78-65(99)50(32-53(85)86)81-61(95)44(26-35(3)4)75-56(90)40(70)19-13-16-22-67/h34-51H,13-33,67-70H2,1-12H3,(H2,71,89)(H,72,94)(H,73,93)(H,74,98)(H,75,90)(H,76,91)(H,77,92)(H,78,99)(H,79,100)(H,80,96)(H,81,95)(H,82,97)(H,83,84)(H,85,86)(H,87,88)/t40-,41-,42-,43-,44-,45-,46-,47-,48-,49-,50-,51-/m0/s1. The summed E-state index contributed by atoms with van der Waals surface area (Å²) in [7, 11) is 0. The summed E-state index contributed by atoms with van der Waals surface area (Å²) in [4.78, 5) is 203. The molecule has 0 spiro atoms. The Bertz CT molecular complexity index is 2680. The molecule has 0 aromatic carbocycles. The highest BCUT2D eigenvalue weighted by Crippen LogP contribution is 2.16. The lowest BCUT2D eigenvalue weighted by Crippen LogP contribution is -2.61. The van der Waals surface area contributed by atoms with Crippen molar-refractivity contribution in [2.45, 2.75) is 271 Å². The smallest absolute Gasteiger partial charge is 0.305 e. The molecule has 0 fully saturated rings. The van der Waals surface area contributed by atoms with Crippen LogP contribution >= 0.6 is 0 Å². The van der Waals surface area contributed by atoms with E-state index in [2.05, 4.69) is 58.5 Å². The van der Waals surface area contributed by atoms with Crippen molar-refractivity contribution >= 4 is 88.8 Å². The molecule has 0 saturated heterocycles. The fraction of sp³-hybridized carbons (Fsp3) is 0.773. The van der Waals surface area contributed by atoms with Crippen LogP contribution in [0.15, 0.2) is 0 Å². The molecule has 0 saturated carbocycles. The van der Waals surface area contributed by atoms with E-state index in [1.54, 1.807) is 83.1 Å². The van der Waals surface area contributed by atoms with Crippen molar-refractivity contribution in [2.24, 2.45) is 64.2 Å². The zero-order chi connectivity index (χ0) is 76.7. The van der Waals surface area contributed by atoms with Crippen LogP contribution in [0.2, 0.25) is 0 Å². The Hall–Kier alpha value is -8.11. The van der Waals surface area contributed by atoms with Crippen LogP contribution in [0.3, 0.4) is 0 Å². The fourth-order valence-corrected chi connectivity index (χ4v) is 10.5. The summed E-state index contributed by atoms with van der Waals surface area (Å²) >= 11 is 0. The van der Waals surface area contributed by atoms with Crippen LogP contribution in [0.1, 0.15) is 199 Å². The van der Waals surface area contributed by atoms with E-state index < -0.39 is 181 Å². The minimum Gasteiger partial charge on any atom is -0.481 e. The first-order valence-corrected chi connectivity index (χ1v) is 34.8. The van der Waals surface area contributed by atoms with Gasteiger partial charge >= 0.3 is 17.9 Å². The largest absolute Gasteiger partial charge is 0.481 e. The number of aliphatic carboxylic acids is 3. The van der Waals surface area contributed by atoms with E-state index in [4.69, 9.17) is 28.7 Å². The average molecular weight is 1430 g/mol. The number of hydrogen-bond acceptors (Lipinski definition) is 19. The van der Waals surface area contributed by atoms with Crippen LogP contribution in [0.5, 0.6) is 0 Å². The van der Waals surface area contributed by atoms with E-state index in [1.807, 2.05) is 0 Å². The topological polar surface area (TPSA) is 579 Å². The Balaban J connectivity index is 7.12. The molecule has 0 radical (unpaired) electrons. The van der Waals surface area contributed by atoms with E-state index in [9.17, 15) is 87.2 Å². The number of nitrogens with one attached hydrogen (secondary N) is 11. The lowest BCUT2D eigenvalue weighted by atomic mass is 9.99. The second kappa shape index (κ2) is 48.6. The van der Waals surface area contributed by atoms with Gasteiger partial charge in [-0.15, -0.1) is 0 Å². The van der Waals surface area contributed by atoms with Gasteiger partial charge in [-0.25, -0.2) is 0 Å². The highest BCUT2D eigenvalue weighted by Gasteiger charge is 2.39. The van der Waals surface area contributed by atoms with Crippen LogP contribution in [-0.4, -0.2) is 196 Å². The number of carboxylic acids is 3. The van der Waals surface area contributed by atoms with Gasteiger partial charge in [-0.3, -0.25) is 71.9 Å². The minimum absolute atomic E-state index is 0.0565. The number of carboxylic acid groups (broad SMARTS) is 3. The van der Waals surface area contributed by atoms with Crippen LogP contribution in [0.25, 0.3) is 0 Å². The molecule has 0 heterocycles. The Morgan fingerprint density at radius 1 is 0.260 bits per heavy atom. The number of carbonyl (C=O) groups is 15. The van der Waals surface area contributed by atoms with Crippen molar-refractivity contribution in [3.63, 3.8) is 0 Å². The van der Waals surface area contributed by atoms with E-state index in [1.165, 1.54) is 0 Å². The normalized spacial score (nSPS) is 15.1. The van der Waals surface area contributed by atoms with Gasteiger partial charge in [0, 0.05) is 0 Å². The van der Waals surface area contributed by atoms with Crippen molar-refractivity contribution in [1.29, 1.82) is 0 Å². The van der Waals surface area contributed by atoms with Gasteiger partial charge in [0.1, 0.15) is 66.5 Å². The van der Waals surface area contributed by atoms with Crippen LogP contribution < -0.4 is 87.2 Å². The third kappa shape index (κ3) is 39.0. The van der Waals surface area contributed by atoms with Gasteiger partial charge in [0.05, 0.1) is 25.3 Å². The van der Waals surface area contributed by atoms with Gasteiger partial charge in [-0.2, -0.15) is 0 Å². The number of hydrogen-bond donors (Lipinski definition) is 19. The number of primary amides is 1. The number of rotatable bonds is 53. The second-order valence-electron chi connectivity index (χ2n) is 28.1. The molecule has 0 rings (SSSR count). The van der Waals surface area contributed by atoms with E-state index in [0.29, 0.717) is 32.2 Å². The molecular weight excluding hydrogens is 1300 g/mol. The zero-order valence-corrected chi connectivity index (χ0v) is 60.6. The predicted molar refractivity (Wildman–Crippen MR) is 371 cm³/mol. The Labute approximate surface area is 587 Å². The Kier molecular flexibility index (Phi) is 44.7. The van der Waals surface area contributed by atoms with Crippen molar-refractivity contribution in [3.8, 4) is 0 Å². The molecule has 12 amide bonds. The Morgan fingerprint density at radius 3 is 0.660 bits per heavy atom. The maximum absolute atomic E-state index is 14.5. The summed E-state index contributed by atoms with van der Waals surface area (Å²) in [6, 6.07) is -17.6. The summed E-state index contributed by atoms with van der Waals surface area (Å²) < 4.78 is 0. The zero-order valence-electron chi connectivity index (χ0n) is 60.6. The highest BCUT2D eigenvalue weighted by molar-refractivity contribution is 6.00. The molecule has 572 valence electrons. The van der Waals surface area contributed by atoms with Crippen molar-refractivity contribution in [2.75, 3.05) is 19.6 Å². The molecule has 0 aromatic heterocycles. The number of amides is 12. The first kappa shape index (κ1) is 91.9. The fourth-order valence-electron chi connectivity index (χ4n) is 10.5. The molecule has 0 aliphatic heterocycles. The minimum atomic E-state index is -1.91. The Morgan fingerprint density at radius 2 is 0.440 bits per heavy atom. The molecule has 0 aliphatic carbocycles. The van der Waals surface area contributed by atoms with Crippen LogP contribution in [-0.2, 0) is 71.9 Å². The number of unbranched alkanes of at least 4 members (excludes halogenated alkanes) is 3. The van der Waals surface area contributed by atoms with Gasteiger partial charge in [0.15, 0.2) is 0 Å². The molecule has 34 heteroatoms. The number of carbonyl (C=O) groups excluding carboxylic acids is 12. The molecule has 12 atom stereocenters. The molecule has 100 heavy (non-hydrogen) atoms. The SMILES string of the molecule is CC(C)C[C@H](NC(=O)[C@H](CC(=O)O)NC(=O)[C@H](CC(C)C)NC(=O)[C@H](CCCCN)NC(=O)[C@H](CC(C)C)NC(=O)[C@H](CC(=O)O)NC(=O)[C@H](CC(C)C)NC(=O)[C@H](CCCCN)NC(=O)[C@H](CC(C)C)NC(=O)[C@H](CC(=O)O)NC(=O)[C@H](CC(C)C)NC(=O)[C@@H](N)CCCCN)C(N)=O. The summed E-state index contributed by atoms with van der Waals surface area (Å²) in [6.45, 7) is 21.5. The van der Waals surface area contributed by atoms with E-state index >= 15 is 0 Å². The second-order valence-corrected chi connectivity index (χ2v) is 28.1. The van der Waals surface area contributed by atoms with Gasteiger partial charge in [0.25, 0.3) is 0 Å². The summed E-state index contributed by atoms with van der Waals surface area (Å²) in [5.41, 5.74) is 28.7. The maximum atomic E-state index is 14.5. The van der Waals surface area contributed by atoms with Gasteiger partial charge in [0.2, 0.25) is 70.9 Å². The van der Waals surface area contributed by atoms with Crippen LogP contribution in [0, 0.1) is 35.5 Å². The summed E-state index contributed by atoms with van der Waals surface area (Å²) in [6.07, 6.45) is -0.588. The molecule has 0 aromatic rings. The maximum Gasteiger partial charge on any atom is 0.305 e. The lowest BCUT2D eigenvalue weighted by Gasteiger charge is -2.29. The monoisotopic (exact) mass is 1420 g/mol. The van der Waals surface area contributed by atoms with E-state index in [0.717, 1.165) is 0 Å². The predicted octanol–water partition coefficient (Wildman–Crippen LogP) is -1.78. The summed E-state index contributed by atoms with van der Waals surface area (Å²) in [5, 5.41) is 57.3. The third-order valence-corrected chi connectivity index (χ3v) is 15.6. The van der Waals surface area contributed by atoms with Gasteiger partial charge in [-0.1, -0.05) is 89.5 Å². The highest BCUT2D eigenvalue weighted by atomic mass is 16.4. The first-order valence-electron chi connectivity index (χ1n) is 34.8.